The first-order valence-electron chi connectivity index (χ1n) is 8.74. The number of anilines is 1. The van der Waals surface area contributed by atoms with Crippen LogP contribution in [0.25, 0.3) is 10.9 Å². The molecular weight excluding hydrogens is 326 g/mol. The van der Waals surface area contributed by atoms with Crippen LogP contribution in [0.1, 0.15) is 25.0 Å². The zero-order chi connectivity index (χ0) is 18.5. The summed E-state index contributed by atoms with van der Waals surface area (Å²) in [5.41, 5.74) is 3.70. The number of aromatic nitrogens is 1. The predicted molar refractivity (Wildman–Crippen MR) is 104 cm³/mol. The van der Waals surface area contributed by atoms with Crippen molar-refractivity contribution in [2.24, 2.45) is 5.92 Å². The van der Waals surface area contributed by atoms with E-state index in [1.807, 2.05) is 68.6 Å². The van der Waals surface area contributed by atoms with E-state index in [9.17, 15) is 9.59 Å². The van der Waals surface area contributed by atoms with Gasteiger partial charge in [-0.05, 0) is 29.3 Å². The number of fused-ring (bicyclic) bond motifs is 1. The second kappa shape index (κ2) is 7.87. The number of hydrogen-bond acceptors (Lipinski definition) is 2. The molecule has 0 aliphatic carbocycles. The van der Waals surface area contributed by atoms with Crippen molar-refractivity contribution in [1.29, 1.82) is 0 Å². The quantitative estimate of drug-likeness (QED) is 0.636. The second-order valence-electron chi connectivity index (χ2n) is 6.66. The first-order chi connectivity index (χ1) is 12.5. The molecule has 0 unspecified atom stereocenters. The summed E-state index contributed by atoms with van der Waals surface area (Å²) < 4.78 is 0. The number of rotatable bonds is 6. The van der Waals surface area contributed by atoms with Crippen LogP contribution >= 0.6 is 0 Å². The van der Waals surface area contributed by atoms with Crippen molar-refractivity contribution < 1.29 is 9.59 Å². The van der Waals surface area contributed by atoms with Crippen molar-refractivity contribution >= 4 is 28.4 Å². The molecule has 5 heteroatoms. The molecule has 3 rings (SSSR count). The highest BCUT2D eigenvalue weighted by Gasteiger charge is 2.10. The average molecular weight is 349 g/mol. The fourth-order valence-electron chi connectivity index (χ4n) is 2.76. The number of nitrogens with one attached hydrogen (secondary N) is 3. The lowest BCUT2D eigenvalue weighted by Gasteiger charge is -2.10. The highest BCUT2D eigenvalue weighted by molar-refractivity contribution is 5.92. The number of para-hydroxylation sites is 1. The maximum Gasteiger partial charge on any atom is 0.226 e. The molecule has 0 aliphatic heterocycles. The van der Waals surface area contributed by atoms with E-state index in [1.54, 1.807) is 0 Å². The lowest BCUT2D eigenvalue weighted by Crippen LogP contribution is -2.24. The van der Waals surface area contributed by atoms with Crippen molar-refractivity contribution in [2.75, 3.05) is 5.32 Å². The molecule has 0 spiro atoms. The molecule has 2 aromatic carbocycles. The van der Waals surface area contributed by atoms with Crippen LogP contribution in [0.2, 0.25) is 0 Å². The topological polar surface area (TPSA) is 74.0 Å². The van der Waals surface area contributed by atoms with Crippen LogP contribution in [-0.4, -0.2) is 16.8 Å². The van der Waals surface area contributed by atoms with Crippen LogP contribution in [0.4, 0.5) is 5.69 Å². The normalized spacial score (nSPS) is 10.9. The van der Waals surface area contributed by atoms with Crippen LogP contribution in [-0.2, 0) is 22.6 Å². The van der Waals surface area contributed by atoms with Crippen molar-refractivity contribution in [2.45, 2.75) is 26.8 Å². The molecule has 0 fully saturated rings. The molecule has 2 amide bonds. The molecule has 3 N–H and O–H groups in total. The minimum absolute atomic E-state index is 0.0227. The third-order valence-corrected chi connectivity index (χ3v) is 4.23. The van der Waals surface area contributed by atoms with Crippen molar-refractivity contribution in [3.8, 4) is 0 Å². The summed E-state index contributed by atoms with van der Waals surface area (Å²) >= 11 is 0. The minimum Gasteiger partial charge on any atom is -0.361 e. The fraction of sp³-hybridized carbons (Fsp3) is 0.238. The smallest absolute Gasteiger partial charge is 0.226 e. The highest BCUT2D eigenvalue weighted by Crippen LogP contribution is 2.18. The first kappa shape index (κ1) is 17.7. The van der Waals surface area contributed by atoms with Crippen LogP contribution in [0.3, 0.4) is 0 Å². The van der Waals surface area contributed by atoms with E-state index in [0.29, 0.717) is 13.0 Å². The summed E-state index contributed by atoms with van der Waals surface area (Å²) in [7, 11) is 0. The first-order valence-corrected chi connectivity index (χ1v) is 8.74. The van der Waals surface area contributed by atoms with Gasteiger partial charge in [0.15, 0.2) is 0 Å². The largest absolute Gasteiger partial charge is 0.361 e. The number of aromatic amines is 1. The SMILES string of the molecule is CC(C)C(=O)Nc1cccc(CNC(=O)Cc2c[nH]c3ccccc23)c1. The third-order valence-electron chi connectivity index (χ3n) is 4.23. The van der Waals surface area contributed by atoms with Crippen molar-refractivity contribution in [3.63, 3.8) is 0 Å². The Balaban J connectivity index is 1.58. The summed E-state index contributed by atoms with van der Waals surface area (Å²) in [6.45, 7) is 4.13. The van der Waals surface area contributed by atoms with Gasteiger partial charge in [0.25, 0.3) is 0 Å². The van der Waals surface area contributed by atoms with Gasteiger partial charge in [-0.1, -0.05) is 44.2 Å². The Kier molecular flexibility index (Phi) is 5.37. The van der Waals surface area contributed by atoms with Gasteiger partial charge >= 0.3 is 0 Å². The Morgan fingerprint density at radius 1 is 1.08 bits per heavy atom. The van der Waals surface area contributed by atoms with Gasteiger partial charge in [0.05, 0.1) is 6.42 Å². The van der Waals surface area contributed by atoms with E-state index >= 15 is 0 Å². The van der Waals surface area contributed by atoms with E-state index in [1.165, 1.54) is 0 Å². The summed E-state index contributed by atoms with van der Waals surface area (Å²) in [5, 5.41) is 6.88. The van der Waals surface area contributed by atoms with Gasteiger partial charge in [-0.15, -0.1) is 0 Å². The standard InChI is InChI=1S/C21H23N3O2/c1-14(2)21(26)24-17-7-5-6-15(10-17)12-23-20(25)11-16-13-22-19-9-4-3-8-18(16)19/h3-10,13-14,22H,11-12H2,1-2H3,(H,23,25)(H,24,26). The van der Waals surface area contributed by atoms with Crippen molar-refractivity contribution in [3.05, 3.63) is 65.9 Å². The lowest BCUT2D eigenvalue weighted by atomic mass is 10.1. The molecule has 0 saturated heterocycles. The van der Waals surface area contributed by atoms with Crippen molar-refractivity contribution in [1.82, 2.24) is 10.3 Å². The molecule has 0 atom stereocenters. The number of carbonyl (C=O) groups excluding carboxylic acids is 2. The average Bonchev–Trinajstić information content (AvgIpc) is 3.03. The number of amides is 2. The van der Waals surface area contributed by atoms with E-state index in [-0.39, 0.29) is 17.7 Å². The molecule has 1 heterocycles. The summed E-state index contributed by atoms with van der Waals surface area (Å²) in [6.07, 6.45) is 2.21. The molecule has 0 saturated carbocycles. The fourth-order valence-corrected chi connectivity index (χ4v) is 2.76. The molecule has 1 aromatic heterocycles. The molecule has 5 nitrogen and oxygen atoms in total. The maximum absolute atomic E-state index is 12.3. The van der Waals surface area contributed by atoms with Crippen LogP contribution in [0, 0.1) is 5.92 Å². The van der Waals surface area contributed by atoms with Crippen LogP contribution in [0.15, 0.2) is 54.7 Å². The Bertz CT molecular complexity index is 928. The molecular formula is C21H23N3O2. The number of H-pyrrole nitrogens is 1. The van der Waals surface area contributed by atoms with E-state index in [0.717, 1.165) is 27.7 Å². The van der Waals surface area contributed by atoms with Crippen LogP contribution < -0.4 is 10.6 Å². The third kappa shape index (κ3) is 4.30. The van der Waals surface area contributed by atoms with Gasteiger partial charge in [-0.25, -0.2) is 0 Å². The second-order valence-corrected chi connectivity index (χ2v) is 6.66. The molecule has 0 aliphatic rings. The van der Waals surface area contributed by atoms with Crippen LogP contribution in [0.5, 0.6) is 0 Å². The van der Waals surface area contributed by atoms with Gasteiger partial charge in [0.1, 0.15) is 0 Å². The summed E-state index contributed by atoms with van der Waals surface area (Å²) in [6, 6.07) is 15.5. The van der Waals surface area contributed by atoms with Gasteiger partial charge in [-0.3, -0.25) is 9.59 Å². The van der Waals surface area contributed by atoms with E-state index in [4.69, 9.17) is 0 Å². The minimum atomic E-state index is -0.0745. The predicted octanol–water partition coefficient (Wildman–Crippen LogP) is 3.62. The van der Waals surface area contributed by atoms with Gasteiger partial charge < -0.3 is 15.6 Å². The molecule has 26 heavy (non-hydrogen) atoms. The Hall–Kier alpha value is -3.08. The van der Waals surface area contributed by atoms with E-state index in [2.05, 4.69) is 15.6 Å². The highest BCUT2D eigenvalue weighted by atomic mass is 16.2. The summed E-state index contributed by atoms with van der Waals surface area (Å²) in [5.74, 6) is -0.133. The van der Waals surface area contributed by atoms with Gasteiger partial charge in [-0.2, -0.15) is 0 Å². The molecule has 0 bridgehead atoms. The number of carbonyl (C=O) groups is 2. The molecule has 3 aromatic rings. The Morgan fingerprint density at radius 3 is 2.69 bits per heavy atom. The zero-order valence-corrected chi connectivity index (χ0v) is 15.0. The molecule has 134 valence electrons. The summed E-state index contributed by atoms with van der Waals surface area (Å²) in [4.78, 5) is 27.3. The number of benzene rings is 2. The Labute approximate surface area is 152 Å². The Morgan fingerprint density at radius 2 is 1.88 bits per heavy atom. The van der Waals surface area contributed by atoms with Gasteiger partial charge in [0.2, 0.25) is 11.8 Å². The number of hydrogen-bond donors (Lipinski definition) is 3. The van der Waals surface area contributed by atoms with Gasteiger partial charge in [0, 0.05) is 35.2 Å². The zero-order valence-electron chi connectivity index (χ0n) is 15.0. The monoisotopic (exact) mass is 349 g/mol. The lowest BCUT2D eigenvalue weighted by molar-refractivity contribution is -0.120. The molecule has 0 radical (unpaired) electrons. The maximum atomic E-state index is 12.3. The van der Waals surface area contributed by atoms with E-state index < -0.39 is 0 Å².